The molecule has 0 saturated carbocycles. The van der Waals surface area contributed by atoms with Crippen LogP contribution in [0.3, 0.4) is 0 Å². The smallest absolute Gasteiger partial charge is 0.387 e. The molecule has 0 spiro atoms. The minimum Gasteiger partial charge on any atom is -0.435 e. The van der Waals surface area contributed by atoms with Crippen LogP contribution in [0.5, 0.6) is 5.75 Å². The number of nitrogens with zero attached hydrogens (tertiary/aromatic N) is 2. The molecule has 2 aromatic heterocycles. The van der Waals surface area contributed by atoms with Gasteiger partial charge in [0.15, 0.2) is 0 Å². The highest BCUT2D eigenvalue weighted by molar-refractivity contribution is 7.13. The summed E-state index contributed by atoms with van der Waals surface area (Å²) >= 11 is 1.46. The molecule has 27 heavy (non-hydrogen) atoms. The predicted molar refractivity (Wildman–Crippen MR) is 98.7 cm³/mol. The van der Waals surface area contributed by atoms with Crippen LogP contribution in [0.4, 0.5) is 8.78 Å². The van der Waals surface area contributed by atoms with Gasteiger partial charge in [0.2, 0.25) is 5.91 Å². The molecule has 2 heterocycles. The number of ether oxygens (including phenoxy) is 1. The highest BCUT2D eigenvalue weighted by Crippen LogP contribution is 2.23. The number of alkyl halides is 2. The molecule has 0 bridgehead atoms. The predicted octanol–water partition coefficient (Wildman–Crippen LogP) is 4.23. The lowest BCUT2D eigenvalue weighted by molar-refractivity contribution is -0.121. The second-order valence-corrected chi connectivity index (χ2v) is 6.66. The summed E-state index contributed by atoms with van der Waals surface area (Å²) in [7, 11) is 0. The molecule has 0 fully saturated rings. The van der Waals surface area contributed by atoms with Gasteiger partial charge in [-0.05, 0) is 36.8 Å². The molecule has 8 heteroatoms. The molecule has 0 saturated heterocycles. The molecule has 1 unspecified atom stereocenters. The monoisotopic (exact) mass is 389 g/mol. The molecular formula is C19H17F2N3O2S. The van der Waals surface area contributed by atoms with Gasteiger partial charge < -0.3 is 10.1 Å². The average Bonchev–Trinajstić information content (AvgIpc) is 3.11. The summed E-state index contributed by atoms with van der Waals surface area (Å²) in [6, 6.07) is 9.67. The Hall–Kier alpha value is -2.87. The SMILES string of the molecule is CC(NC(=O)Cc1csc(-c2cccnc2)n1)c1ccc(OC(F)F)cc1. The number of thiazole rings is 1. The molecule has 0 aliphatic carbocycles. The van der Waals surface area contributed by atoms with Crippen molar-refractivity contribution in [1.82, 2.24) is 15.3 Å². The van der Waals surface area contributed by atoms with E-state index in [-0.39, 0.29) is 24.1 Å². The van der Waals surface area contributed by atoms with Gasteiger partial charge in [-0.15, -0.1) is 11.3 Å². The molecule has 1 atom stereocenters. The van der Waals surface area contributed by atoms with Crippen LogP contribution in [0.25, 0.3) is 10.6 Å². The second kappa shape index (κ2) is 8.68. The van der Waals surface area contributed by atoms with Gasteiger partial charge in [0.1, 0.15) is 10.8 Å². The third-order valence-electron chi connectivity index (χ3n) is 3.78. The third kappa shape index (κ3) is 5.30. The number of carbonyl (C=O) groups is 1. The minimum atomic E-state index is -2.86. The fourth-order valence-electron chi connectivity index (χ4n) is 2.49. The van der Waals surface area contributed by atoms with Gasteiger partial charge in [0.25, 0.3) is 0 Å². The average molecular weight is 389 g/mol. The van der Waals surface area contributed by atoms with E-state index in [9.17, 15) is 13.6 Å². The summed E-state index contributed by atoms with van der Waals surface area (Å²) in [6.45, 7) is -1.04. The molecule has 3 aromatic rings. The Balaban J connectivity index is 1.56. The molecule has 3 rings (SSSR count). The van der Waals surface area contributed by atoms with Crippen LogP contribution in [0, 0.1) is 0 Å². The number of hydrogen-bond acceptors (Lipinski definition) is 5. The Morgan fingerprint density at radius 3 is 2.70 bits per heavy atom. The number of aromatic nitrogens is 2. The highest BCUT2D eigenvalue weighted by atomic mass is 32.1. The lowest BCUT2D eigenvalue weighted by Crippen LogP contribution is -2.28. The molecular weight excluding hydrogens is 372 g/mol. The highest BCUT2D eigenvalue weighted by Gasteiger charge is 2.13. The maximum Gasteiger partial charge on any atom is 0.387 e. The van der Waals surface area contributed by atoms with Crippen LogP contribution in [0.1, 0.15) is 24.2 Å². The van der Waals surface area contributed by atoms with Gasteiger partial charge >= 0.3 is 6.61 Å². The van der Waals surface area contributed by atoms with Crippen molar-refractivity contribution in [3.8, 4) is 16.3 Å². The van der Waals surface area contributed by atoms with Crippen molar-refractivity contribution in [2.45, 2.75) is 26.0 Å². The van der Waals surface area contributed by atoms with Gasteiger partial charge in [-0.1, -0.05) is 12.1 Å². The summed E-state index contributed by atoms with van der Waals surface area (Å²) in [5, 5.41) is 5.54. The van der Waals surface area contributed by atoms with Crippen molar-refractivity contribution in [2.75, 3.05) is 0 Å². The van der Waals surface area contributed by atoms with Gasteiger partial charge in [0, 0.05) is 23.3 Å². The molecule has 1 aromatic carbocycles. The number of carbonyl (C=O) groups excluding carboxylic acids is 1. The van der Waals surface area contributed by atoms with Crippen LogP contribution >= 0.6 is 11.3 Å². The maximum absolute atomic E-state index is 12.3. The number of rotatable bonds is 7. The van der Waals surface area contributed by atoms with Crippen LogP contribution in [-0.2, 0) is 11.2 Å². The van der Waals surface area contributed by atoms with E-state index in [4.69, 9.17) is 0 Å². The zero-order valence-electron chi connectivity index (χ0n) is 14.4. The largest absolute Gasteiger partial charge is 0.435 e. The molecule has 0 aliphatic heterocycles. The number of nitrogens with one attached hydrogen (secondary N) is 1. The molecule has 1 N–H and O–H groups in total. The van der Waals surface area contributed by atoms with E-state index in [1.165, 1.54) is 23.5 Å². The minimum absolute atomic E-state index is 0.0812. The quantitative estimate of drug-likeness (QED) is 0.657. The van der Waals surface area contributed by atoms with E-state index in [1.54, 1.807) is 24.5 Å². The van der Waals surface area contributed by atoms with E-state index in [1.807, 2.05) is 24.4 Å². The Morgan fingerprint density at radius 1 is 1.26 bits per heavy atom. The maximum atomic E-state index is 12.3. The second-order valence-electron chi connectivity index (χ2n) is 5.80. The molecule has 0 aliphatic rings. The molecule has 0 radical (unpaired) electrons. The van der Waals surface area contributed by atoms with Crippen molar-refractivity contribution >= 4 is 17.2 Å². The standard InChI is InChI=1S/C19H17F2N3O2S/c1-12(13-4-6-16(7-5-13)26-19(20)21)23-17(25)9-15-11-27-18(24-15)14-3-2-8-22-10-14/h2-8,10-12,19H,9H2,1H3,(H,23,25). The first-order valence-corrected chi connectivity index (χ1v) is 9.08. The van der Waals surface area contributed by atoms with E-state index in [0.717, 1.165) is 16.1 Å². The summed E-state index contributed by atoms with van der Waals surface area (Å²) in [5.74, 6) is -0.0869. The summed E-state index contributed by atoms with van der Waals surface area (Å²) in [4.78, 5) is 20.8. The van der Waals surface area contributed by atoms with E-state index >= 15 is 0 Å². The number of pyridine rings is 1. The van der Waals surface area contributed by atoms with Crippen molar-refractivity contribution in [1.29, 1.82) is 0 Å². The Kier molecular flexibility index (Phi) is 6.08. The lowest BCUT2D eigenvalue weighted by atomic mass is 10.1. The van der Waals surface area contributed by atoms with E-state index < -0.39 is 6.61 Å². The molecule has 1 amide bonds. The normalized spacial score (nSPS) is 12.0. The van der Waals surface area contributed by atoms with Gasteiger partial charge in [0.05, 0.1) is 18.2 Å². The van der Waals surface area contributed by atoms with E-state index in [2.05, 4.69) is 20.0 Å². The van der Waals surface area contributed by atoms with Crippen molar-refractivity contribution in [3.63, 3.8) is 0 Å². The van der Waals surface area contributed by atoms with Crippen LogP contribution in [-0.4, -0.2) is 22.5 Å². The number of benzene rings is 1. The first-order valence-electron chi connectivity index (χ1n) is 8.20. The lowest BCUT2D eigenvalue weighted by Gasteiger charge is -2.14. The Labute approximate surface area is 159 Å². The number of hydrogen-bond donors (Lipinski definition) is 1. The topological polar surface area (TPSA) is 64.1 Å². The van der Waals surface area contributed by atoms with E-state index in [0.29, 0.717) is 5.69 Å². The third-order valence-corrected chi connectivity index (χ3v) is 4.72. The van der Waals surface area contributed by atoms with Crippen molar-refractivity contribution in [2.24, 2.45) is 0 Å². The number of amides is 1. The first-order chi connectivity index (χ1) is 13.0. The Bertz CT molecular complexity index is 885. The fourth-order valence-corrected chi connectivity index (χ4v) is 3.30. The van der Waals surface area contributed by atoms with Crippen molar-refractivity contribution < 1.29 is 18.3 Å². The van der Waals surface area contributed by atoms with Crippen LogP contribution in [0.2, 0.25) is 0 Å². The zero-order chi connectivity index (χ0) is 19.2. The zero-order valence-corrected chi connectivity index (χ0v) is 15.2. The Morgan fingerprint density at radius 2 is 2.04 bits per heavy atom. The van der Waals surface area contributed by atoms with Crippen LogP contribution in [0.15, 0.2) is 54.2 Å². The summed E-state index contributed by atoms with van der Waals surface area (Å²) in [5.41, 5.74) is 2.39. The number of halogens is 2. The summed E-state index contributed by atoms with van der Waals surface area (Å²) in [6.07, 6.45) is 3.58. The summed E-state index contributed by atoms with van der Waals surface area (Å²) < 4.78 is 28.7. The van der Waals surface area contributed by atoms with Crippen LogP contribution < -0.4 is 10.1 Å². The molecule has 5 nitrogen and oxygen atoms in total. The molecule has 140 valence electrons. The van der Waals surface area contributed by atoms with Gasteiger partial charge in [-0.2, -0.15) is 8.78 Å². The van der Waals surface area contributed by atoms with Gasteiger partial charge in [-0.25, -0.2) is 4.98 Å². The van der Waals surface area contributed by atoms with Gasteiger partial charge in [-0.3, -0.25) is 9.78 Å². The fraction of sp³-hybridized carbons (Fsp3) is 0.211. The van der Waals surface area contributed by atoms with Crippen molar-refractivity contribution in [3.05, 3.63) is 65.4 Å². The first kappa shape index (κ1) is 18.9.